The van der Waals surface area contributed by atoms with Crippen molar-refractivity contribution in [2.75, 3.05) is 0 Å². The van der Waals surface area contributed by atoms with Crippen LogP contribution in [0.1, 0.15) is 78.1 Å². The van der Waals surface area contributed by atoms with Gasteiger partial charge < -0.3 is 19.7 Å². The highest BCUT2D eigenvalue weighted by molar-refractivity contribution is 5.64. The van der Waals surface area contributed by atoms with Crippen LogP contribution in [-0.4, -0.2) is 40.5 Å². The van der Waals surface area contributed by atoms with Crippen molar-refractivity contribution in [3.05, 3.63) is 256 Å². The third kappa shape index (κ3) is 12.8. The number of azo groups is 4. The molecule has 10 aromatic rings. The second kappa shape index (κ2) is 25.0. The third-order valence-corrected chi connectivity index (χ3v) is 14.5. The number of phenols is 2. The minimum Gasteiger partial charge on any atom is -0.507 e. The number of non-ortho nitro benzene ring substituents is 2. The van der Waals surface area contributed by atoms with Gasteiger partial charge in [0.15, 0.2) is 11.4 Å². The van der Waals surface area contributed by atoms with Crippen LogP contribution in [-0.2, 0) is 38.9 Å². The predicted octanol–water partition coefficient (Wildman–Crippen LogP) is 17.1. The first-order chi connectivity index (χ1) is 41.7. The van der Waals surface area contributed by atoms with Gasteiger partial charge >= 0.3 is 0 Å². The van der Waals surface area contributed by atoms with E-state index in [1.54, 1.807) is 48.5 Å². The summed E-state index contributed by atoms with van der Waals surface area (Å²) in [6, 6.07) is 45.6. The van der Waals surface area contributed by atoms with Crippen molar-refractivity contribution in [1.82, 2.24) is 20.4 Å². The van der Waals surface area contributed by atoms with Crippen LogP contribution in [0.3, 0.4) is 0 Å². The molecule has 0 saturated carbocycles. The van der Waals surface area contributed by atoms with Crippen LogP contribution in [0.4, 0.5) is 57.1 Å². The molecule has 0 radical (unpaired) electrons. The average molecular weight is 1150 g/mol. The van der Waals surface area contributed by atoms with Gasteiger partial charge in [-0.15, -0.1) is 30.7 Å². The topological polar surface area (TPSA) is 301 Å². The second-order valence-corrected chi connectivity index (χ2v) is 20.6. The third-order valence-electron chi connectivity index (χ3n) is 14.5. The molecule has 22 nitrogen and oxygen atoms in total. The lowest BCUT2D eigenvalue weighted by molar-refractivity contribution is -0.385. The van der Waals surface area contributed by atoms with Gasteiger partial charge in [-0.1, -0.05) is 72.8 Å². The highest BCUT2D eigenvalue weighted by Gasteiger charge is 2.23. The van der Waals surface area contributed by atoms with Gasteiger partial charge in [-0.2, -0.15) is 20.4 Å². The highest BCUT2D eigenvalue weighted by Crippen LogP contribution is 2.43. The number of aryl methyl sites for hydroxylation is 4. The number of phenolic OH excluding ortho intramolecular Hbond substituents is 2. The molecule has 0 saturated heterocycles. The van der Waals surface area contributed by atoms with Crippen molar-refractivity contribution in [2.24, 2.45) is 40.9 Å². The molecule has 0 amide bonds. The zero-order valence-corrected chi connectivity index (χ0v) is 47.0. The van der Waals surface area contributed by atoms with Crippen molar-refractivity contribution in [3.63, 3.8) is 0 Å². The Labute approximate surface area is 491 Å². The first kappa shape index (κ1) is 56.4. The molecule has 1 aliphatic carbocycles. The molecule has 0 aliphatic heterocycles. The fourth-order valence-corrected chi connectivity index (χ4v) is 9.87. The number of benzene rings is 8. The number of aromatic hydroxyl groups is 2. The molecule has 0 fully saturated rings. The largest absolute Gasteiger partial charge is 0.507 e. The van der Waals surface area contributed by atoms with E-state index in [-0.39, 0.29) is 73.4 Å². The predicted molar refractivity (Wildman–Crippen MR) is 321 cm³/mol. The first-order valence-corrected chi connectivity index (χ1v) is 27.2. The van der Waals surface area contributed by atoms with Crippen LogP contribution in [0, 0.1) is 47.9 Å². The summed E-state index contributed by atoms with van der Waals surface area (Å²) >= 11 is 0. The van der Waals surface area contributed by atoms with Gasteiger partial charge in [0.2, 0.25) is 11.6 Å². The zero-order chi connectivity index (χ0) is 59.8. The van der Waals surface area contributed by atoms with E-state index >= 15 is 0 Å². The number of rotatable bonds is 16. The van der Waals surface area contributed by atoms with Gasteiger partial charge in [0.25, 0.3) is 11.4 Å². The van der Waals surface area contributed by atoms with E-state index < -0.39 is 9.85 Å². The monoisotopic (exact) mass is 1150 g/mol. The minimum atomic E-state index is -0.467. The summed E-state index contributed by atoms with van der Waals surface area (Å²) in [5.74, 6) is 1.21. The lowest BCUT2D eigenvalue weighted by Crippen LogP contribution is -2.06. The summed E-state index contributed by atoms with van der Waals surface area (Å²) in [5, 5.41) is 99.5. The van der Waals surface area contributed by atoms with Crippen molar-refractivity contribution >= 4 is 57.1 Å². The summed E-state index contributed by atoms with van der Waals surface area (Å²) in [6.45, 7) is 7.52. The number of nitrogens with one attached hydrogen (secondary N) is 2. The molecule has 11 rings (SSSR count). The maximum atomic E-state index is 12.6. The Hall–Kier alpha value is -11.4. The Morgan fingerprint density at radius 1 is 0.442 bits per heavy atom. The summed E-state index contributed by atoms with van der Waals surface area (Å²) in [4.78, 5) is 22.3. The number of nitro benzene ring substituents is 2. The summed E-state index contributed by atoms with van der Waals surface area (Å²) < 4.78 is 13.5. The number of aromatic nitrogens is 4. The second-order valence-electron chi connectivity index (χ2n) is 20.6. The van der Waals surface area contributed by atoms with Crippen molar-refractivity contribution < 1.29 is 29.5 Å². The molecule has 2 aromatic heterocycles. The van der Waals surface area contributed by atoms with E-state index in [0.717, 1.165) is 11.1 Å². The first-order valence-electron chi connectivity index (χ1n) is 27.2. The molecule has 86 heavy (non-hydrogen) atoms. The highest BCUT2D eigenvalue weighted by atomic mass is 16.6. The van der Waals surface area contributed by atoms with Crippen LogP contribution in [0.2, 0.25) is 0 Å². The van der Waals surface area contributed by atoms with E-state index in [4.69, 9.17) is 19.7 Å². The number of hydrogen-bond donors (Lipinski definition) is 4. The zero-order valence-electron chi connectivity index (χ0n) is 47.0. The summed E-state index contributed by atoms with van der Waals surface area (Å²) in [6.07, 6.45) is 0.407. The van der Waals surface area contributed by atoms with Crippen LogP contribution in [0.5, 0.6) is 23.0 Å². The van der Waals surface area contributed by atoms with Gasteiger partial charge in [0, 0.05) is 72.2 Å². The minimum absolute atomic E-state index is 0.00939. The Morgan fingerprint density at radius 2 is 0.791 bits per heavy atom. The number of nitrogens with zero attached hydrogens (tertiary/aromatic N) is 12. The van der Waals surface area contributed by atoms with E-state index in [9.17, 15) is 30.4 Å². The van der Waals surface area contributed by atoms with Crippen LogP contribution in [0.25, 0.3) is 0 Å². The van der Waals surface area contributed by atoms with Crippen molar-refractivity contribution in [3.8, 4) is 23.0 Å². The summed E-state index contributed by atoms with van der Waals surface area (Å²) in [7, 11) is 0. The molecule has 428 valence electrons. The number of aromatic amines is 2. The van der Waals surface area contributed by atoms with E-state index in [1.807, 2.05) is 113 Å². The fourth-order valence-electron chi connectivity index (χ4n) is 9.87. The quantitative estimate of drug-likeness (QED) is 0.0403. The number of H-pyrrole nitrogens is 2. The molecule has 8 aromatic carbocycles. The van der Waals surface area contributed by atoms with Crippen LogP contribution >= 0.6 is 0 Å². The maximum Gasteiger partial charge on any atom is 0.269 e. The van der Waals surface area contributed by atoms with Crippen molar-refractivity contribution in [2.45, 2.75) is 66.6 Å². The van der Waals surface area contributed by atoms with E-state index in [1.165, 1.54) is 24.3 Å². The Balaban J connectivity index is 1.05. The number of hydrogen-bond acceptors (Lipinski definition) is 18. The van der Waals surface area contributed by atoms with Gasteiger partial charge in [0.05, 0.1) is 44.0 Å². The number of ether oxygens (including phenoxy) is 2. The van der Waals surface area contributed by atoms with Gasteiger partial charge in [-0.25, -0.2) is 0 Å². The normalized spacial score (nSPS) is 12.4. The van der Waals surface area contributed by atoms with Crippen LogP contribution in [0.15, 0.2) is 199 Å². The lowest BCUT2D eigenvalue weighted by atomic mass is 9.91. The lowest BCUT2D eigenvalue weighted by Gasteiger charge is -2.21. The molecule has 0 unspecified atom stereocenters. The fraction of sp³-hybridized carbons (Fsp3) is 0.156. The standard InChI is InChI=1S/C64H54N14O8/c1-37-11-5-7-17-55(37)69-71-57-39(3)65-73-63(57)75-67-51-31-47-27-43-13-9-15-45(61(43)85-35-41-19-23-53(24-20-41)77(81)82)29-49-33-52(68-76-64-58(40(4)66-74-64)72-70-56-18-8-6-12-38(56)2)34-50(60(49)80)30-46-16-10-14-44(28-48(32-51)59(47)79)62(46)86-36-42-21-25-54(26-22-42)78(83)84/h5-26,31-34,79-80H,27-30,35-36H2,1-4H3,(H,65,73)(H,66,74). The molecule has 4 N–H and O–H groups in total. The van der Waals surface area contributed by atoms with Gasteiger partial charge in [-0.3, -0.25) is 30.4 Å². The SMILES string of the molecule is Cc1ccccc1N=Nc1c(N=Nc2cc3c(O)c(c2)Cc2cccc(c2OCc2ccc([N+](=O)[O-])cc2)Cc2cc(N=Nc4n[nH]c(C)c4N=Nc4ccccc4C)cc(c2O)Cc2cccc(c2OCc2ccc([N+](=O)[O-])cc2)C3)n[nH]c1C. The number of nitro groups is 2. The molecule has 0 spiro atoms. The average Bonchev–Trinajstić information content (AvgIpc) is 1.76. The Morgan fingerprint density at radius 3 is 1.13 bits per heavy atom. The summed E-state index contributed by atoms with van der Waals surface area (Å²) in [5.41, 5.74) is 11.6. The van der Waals surface area contributed by atoms with Crippen molar-refractivity contribution in [1.29, 1.82) is 0 Å². The van der Waals surface area contributed by atoms with Gasteiger partial charge in [-0.05, 0) is 133 Å². The van der Waals surface area contributed by atoms with E-state index in [2.05, 4.69) is 51.1 Å². The molecule has 0 atom stereocenters. The maximum absolute atomic E-state index is 12.6. The molecule has 8 bridgehead atoms. The molecule has 22 heteroatoms. The van der Waals surface area contributed by atoms with Crippen LogP contribution < -0.4 is 9.47 Å². The molecule has 1 aliphatic rings. The Bertz CT molecular complexity index is 3980. The van der Waals surface area contributed by atoms with Gasteiger partial charge in [0.1, 0.15) is 36.2 Å². The molecule has 2 heterocycles. The number of para-hydroxylation sites is 2. The molecular weight excluding hydrogens is 1090 g/mol. The van der Waals surface area contributed by atoms with E-state index in [0.29, 0.717) is 113 Å². The smallest absolute Gasteiger partial charge is 0.269 e. The molecular formula is C64H54N14O8. The Kier molecular flexibility index (Phi) is 16.4. The number of fused-ring (bicyclic) bond motifs is 8.